The molecule has 0 aromatic heterocycles. The van der Waals surface area contributed by atoms with Crippen molar-refractivity contribution in [2.45, 2.75) is 36.6 Å². The Labute approximate surface area is 105 Å². The number of hydrogen-bond donors (Lipinski definition) is 4. The minimum Gasteiger partial charge on any atom is -0.396 e. The highest BCUT2D eigenvalue weighted by atomic mass is 32.2. The second-order valence-corrected chi connectivity index (χ2v) is 5.38. The van der Waals surface area contributed by atoms with Gasteiger partial charge in [-0.15, -0.1) is 0 Å². The van der Waals surface area contributed by atoms with Crippen LogP contribution in [0.1, 0.15) is 12.8 Å². The Morgan fingerprint density at radius 2 is 2.12 bits per heavy atom. The van der Waals surface area contributed by atoms with Crippen molar-refractivity contribution in [3.8, 4) is 0 Å². The molecule has 1 aliphatic heterocycles. The Balaban J connectivity index is 2.55. The zero-order valence-electron chi connectivity index (χ0n) is 10.0. The maximum atomic E-state index is 9.69. The average molecular weight is 264 g/mol. The molecule has 0 aromatic carbocycles. The van der Waals surface area contributed by atoms with Gasteiger partial charge in [-0.3, -0.25) is 5.41 Å². The summed E-state index contributed by atoms with van der Waals surface area (Å²) in [6, 6.07) is 0. The molecule has 6 nitrogen and oxygen atoms in total. The van der Waals surface area contributed by atoms with E-state index in [1.807, 2.05) is 0 Å². The lowest BCUT2D eigenvalue weighted by Crippen LogP contribution is -2.48. The van der Waals surface area contributed by atoms with Gasteiger partial charge in [0.05, 0.1) is 12.2 Å². The van der Waals surface area contributed by atoms with E-state index in [4.69, 9.17) is 15.3 Å². The zero-order valence-corrected chi connectivity index (χ0v) is 10.9. The van der Waals surface area contributed by atoms with Crippen LogP contribution in [0, 0.1) is 5.41 Å². The molecule has 4 unspecified atom stereocenters. The van der Waals surface area contributed by atoms with E-state index in [1.54, 1.807) is 19.0 Å². The second-order valence-electron chi connectivity index (χ2n) is 4.23. The van der Waals surface area contributed by atoms with E-state index in [-0.39, 0.29) is 24.9 Å². The van der Waals surface area contributed by atoms with Crippen molar-refractivity contribution in [1.29, 1.82) is 5.41 Å². The molecule has 17 heavy (non-hydrogen) atoms. The molecule has 4 N–H and O–H groups in total. The van der Waals surface area contributed by atoms with Gasteiger partial charge in [0.15, 0.2) is 5.17 Å². The molecule has 0 bridgehead atoms. The van der Waals surface area contributed by atoms with Crippen LogP contribution in [0.3, 0.4) is 0 Å². The fraction of sp³-hybridized carbons (Fsp3) is 0.900. The summed E-state index contributed by atoms with van der Waals surface area (Å²) in [5.74, 6) is 0. The number of hydrogen-bond acceptors (Lipinski definition) is 6. The van der Waals surface area contributed by atoms with Crippen LogP contribution < -0.4 is 0 Å². The highest BCUT2D eigenvalue weighted by molar-refractivity contribution is 8.14. The van der Waals surface area contributed by atoms with Gasteiger partial charge in [-0.25, -0.2) is 0 Å². The zero-order chi connectivity index (χ0) is 13.0. The van der Waals surface area contributed by atoms with Crippen LogP contribution in [-0.2, 0) is 4.74 Å². The summed E-state index contributed by atoms with van der Waals surface area (Å²) in [6.07, 6.45) is -1.84. The maximum Gasteiger partial charge on any atom is 0.158 e. The molecule has 0 saturated carbocycles. The first kappa shape index (κ1) is 14.7. The SMILES string of the molecule is CN(C)C(=N)SC1CC(O)C(O)C(CCO)O1. The number of thioether (sulfide) groups is 1. The Morgan fingerprint density at radius 1 is 1.47 bits per heavy atom. The topological polar surface area (TPSA) is 97.0 Å². The largest absolute Gasteiger partial charge is 0.396 e. The van der Waals surface area contributed by atoms with Gasteiger partial charge in [0.1, 0.15) is 11.5 Å². The van der Waals surface area contributed by atoms with Gasteiger partial charge in [0.25, 0.3) is 0 Å². The van der Waals surface area contributed by atoms with Gasteiger partial charge in [-0.05, 0) is 6.42 Å². The highest BCUT2D eigenvalue weighted by Crippen LogP contribution is 2.29. The van der Waals surface area contributed by atoms with Gasteiger partial charge < -0.3 is 25.0 Å². The number of nitrogens with one attached hydrogen (secondary N) is 1. The third-order valence-corrected chi connectivity index (χ3v) is 3.75. The molecule has 1 rings (SSSR count). The van der Waals surface area contributed by atoms with Gasteiger partial charge in [0, 0.05) is 27.1 Å². The molecule has 0 spiro atoms. The van der Waals surface area contributed by atoms with Crippen LogP contribution in [0.4, 0.5) is 0 Å². The third kappa shape index (κ3) is 4.11. The van der Waals surface area contributed by atoms with Gasteiger partial charge in [0.2, 0.25) is 0 Å². The molecule has 0 aromatic rings. The van der Waals surface area contributed by atoms with Crippen molar-refractivity contribution >= 4 is 16.9 Å². The van der Waals surface area contributed by atoms with E-state index in [2.05, 4.69) is 0 Å². The van der Waals surface area contributed by atoms with E-state index in [1.165, 1.54) is 11.8 Å². The molecule has 100 valence electrons. The van der Waals surface area contributed by atoms with Crippen molar-refractivity contribution in [3.05, 3.63) is 0 Å². The summed E-state index contributed by atoms with van der Waals surface area (Å²) < 4.78 is 5.56. The van der Waals surface area contributed by atoms with Crippen LogP contribution in [0.2, 0.25) is 0 Å². The number of amidine groups is 1. The van der Waals surface area contributed by atoms with Crippen LogP contribution in [0.5, 0.6) is 0 Å². The lowest BCUT2D eigenvalue weighted by molar-refractivity contribution is -0.149. The van der Waals surface area contributed by atoms with Crippen LogP contribution in [0.25, 0.3) is 0 Å². The first-order valence-corrected chi connectivity index (χ1v) is 6.38. The summed E-state index contributed by atoms with van der Waals surface area (Å²) in [4.78, 5) is 1.65. The maximum absolute atomic E-state index is 9.69. The molecular weight excluding hydrogens is 244 g/mol. The fourth-order valence-corrected chi connectivity index (χ4v) is 2.54. The van der Waals surface area contributed by atoms with E-state index >= 15 is 0 Å². The minimum atomic E-state index is -0.965. The van der Waals surface area contributed by atoms with Gasteiger partial charge in [-0.1, -0.05) is 11.8 Å². The normalized spacial score (nSPS) is 33.5. The molecule has 1 fully saturated rings. The molecule has 0 amide bonds. The van der Waals surface area contributed by atoms with Crippen molar-refractivity contribution in [2.24, 2.45) is 0 Å². The quantitative estimate of drug-likeness (QED) is 0.403. The van der Waals surface area contributed by atoms with E-state index < -0.39 is 18.3 Å². The summed E-state index contributed by atoms with van der Waals surface area (Å²) in [6.45, 7) is -0.100. The van der Waals surface area contributed by atoms with Crippen LogP contribution >= 0.6 is 11.8 Å². The van der Waals surface area contributed by atoms with E-state index in [9.17, 15) is 10.2 Å². The second kappa shape index (κ2) is 6.55. The monoisotopic (exact) mass is 264 g/mol. The minimum absolute atomic E-state index is 0.100. The number of rotatable bonds is 3. The number of nitrogens with zero attached hydrogens (tertiary/aromatic N) is 1. The highest BCUT2D eigenvalue weighted by Gasteiger charge is 2.37. The molecule has 4 atom stereocenters. The predicted molar refractivity (Wildman–Crippen MR) is 66.0 cm³/mol. The third-order valence-electron chi connectivity index (χ3n) is 2.60. The standard InChI is InChI=1S/C10H20N2O4S/c1-12(2)10(11)17-8-5-6(14)9(15)7(16-8)3-4-13/h6-9,11,13-15H,3-5H2,1-2H3. The van der Waals surface area contributed by atoms with Crippen molar-refractivity contribution in [3.63, 3.8) is 0 Å². The summed E-state index contributed by atoms with van der Waals surface area (Å²) in [5.41, 5.74) is -0.361. The Hall–Kier alpha value is -0.340. The summed E-state index contributed by atoms with van der Waals surface area (Å²) >= 11 is 1.20. The first-order valence-electron chi connectivity index (χ1n) is 5.50. The molecule has 1 saturated heterocycles. The smallest absolute Gasteiger partial charge is 0.158 e. The number of aliphatic hydroxyl groups is 3. The Morgan fingerprint density at radius 3 is 2.65 bits per heavy atom. The van der Waals surface area contributed by atoms with Crippen molar-refractivity contribution in [2.75, 3.05) is 20.7 Å². The molecule has 7 heteroatoms. The van der Waals surface area contributed by atoms with Crippen molar-refractivity contribution in [1.82, 2.24) is 4.90 Å². The van der Waals surface area contributed by atoms with Gasteiger partial charge >= 0.3 is 0 Å². The number of ether oxygens (including phenoxy) is 1. The fourth-order valence-electron chi connectivity index (χ4n) is 1.59. The van der Waals surface area contributed by atoms with E-state index in [0.717, 1.165) is 0 Å². The van der Waals surface area contributed by atoms with Gasteiger partial charge in [-0.2, -0.15) is 0 Å². The Bertz CT molecular complexity index is 265. The summed E-state index contributed by atoms with van der Waals surface area (Å²) in [7, 11) is 3.52. The van der Waals surface area contributed by atoms with Crippen LogP contribution in [-0.4, -0.2) is 69.8 Å². The molecule has 1 aliphatic rings. The molecular formula is C10H20N2O4S. The first-order chi connectivity index (χ1) is 7.95. The lowest BCUT2D eigenvalue weighted by Gasteiger charge is -2.37. The predicted octanol–water partition coefficient (Wildman–Crippen LogP) is -0.565. The van der Waals surface area contributed by atoms with E-state index in [0.29, 0.717) is 5.17 Å². The number of aliphatic hydroxyl groups excluding tert-OH is 3. The van der Waals surface area contributed by atoms with Crippen LogP contribution in [0.15, 0.2) is 0 Å². The average Bonchev–Trinajstić information content (AvgIpc) is 2.25. The summed E-state index contributed by atoms with van der Waals surface area (Å²) in [5, 5.41) is 36.2. The Kier molecular flexibility index (Phi) is 5.68. The van der Waals surface area contributed by atoms with Crippen molar-refractivity contribution < 1.29 is 20.1 Å². The molecule has 0 radical (unpaired) electrons. The molecule has 0 aliphatic carbocycles. The molecule has 1 heterocycles. The lowest BCUT2D eigenvalue weighted by atomic mass is 10.0.